The molecule has 0 aliphatic carbocycles. The van der Waals surface area contributed by atoms with Gasteiger partial charge in [-0.05, 0) is 50.5 Å². The summed E-state index contributed by atoms with van der Waals surface area (Å²) in [7, 11) is 0. The lowest BCUT2D eigenvalue weighted by molar-refractivity contribution is -0.116. The third-order valence-corrected chi connectivity index (χ3v) is 3.29. The van der Waals surface area contributed by atoms with Gasteiger partial charge in [-0.2, -0.15) is 0 Å². The Hall–Kier alpha value is -1.68. The summed E-state index contributed by atoms with van der Waals surface area (Å²) in [5.41, 5.74) is 1.37. The maximum absolute atomic E-state index is 11.8. The van der Waals surface area contributed by atoms with Crippen LogP contribution in [-0.2, 0) is 9.53 Å². The molecule has 0 saturated carbocycles. The van der Waals surface area contributed by atoms with Gasteiger partial charge in [-0.1, -0.05) is 0 Å². The van der Waals surface area contributed by atoms with Crippen molar-refractivity contribution in [1.82, 2.24) is 0 Å². The number of hydrogen-bond donors (Lipinski definition) is 1. The van der Waals surface area contributed by atoms with Gasteiger partial charge in [-0.15, -0.1) is 0 Å². The first-order chi connectivity index (χ1) is 9.15. The molecule has 1 heterocycles. The molecule has 4 heteroatoms. The maximum atomic E-state index is 11.8. The van der Waals surface area contributed by atoms with Gasteiger partial charge in [0.2, 0.25) is 5.91 Å². The average molecular weight is 261 g/mol. The summed E-state index contributed by atoms with van der Waals surface area (Å²) in [5, 5.41) is 2.83. The number of amides is 1. The van der Waals surface area contributed by atoms with Gasteiger partial charge in [0.05, 0.1) is 6.10 Å². The van der Waals surface area contributed by atoms with Gasteiger partial charge in [0.25, 0.3) is 0 Å². The molecule has 102 valence electrons. The molecule has 1 aliphatic rings. The van der Waals surface area contributed by atoms with Crippen molar-refractivity contribution in [3.63, 3.8) is 0 Å². The normalized spacial score (nSPS) is 18.3. The van der Waals surface area contributed by atoms with Crippen LogP contribution in [0.3, 0.4) is 0 Å². The van der Waals surface area contributed by atoms with E-state index >= 15 is 0 Å². The molecule has 0 bridgehead atoms. The molecule has 1 aromatic rings. The minimum atomic E-state index is -0.00826. The Balaban J connectivity index is 1.79. The number of ether oxygens (including phenoxy) is 1. The second-order valence-electron chi connectivity index (χ2n) is 4.86. The number of nitrogens with one attached hydrogen (secondary N) is 1. The van der Waals surface area contributed by atoms with E-state index in [-0.39, 0.29) is 17.8 Å². The van der Waals surface area contributed by atoms with Crippen molar-refractivity contribution in [3.8, 4) is 0 Å². The van der Waals surface area contributed by atoms with E-state index in [4.69, 9.17) is 4.74 Å². The van der Waals surface area contributed by atoms with Crippen molar-refractivity contribution in [3.05, 3.63) is 29.8 Å². The SMILES string of the molecule is CC(=O)c1ccc(NC(=O)CCC2CCCO2)cc1. The average Bonchev–Trinajstić information content (AvgIpc) is 2.90. The quantitative estimate of drug-likeness (QED) is 0.829. The molecule has 4 nitrogen and oxygen atoms in total. The maximum Gasteiger partial charge on any atom is 0.224 e. The summed E-state index contributed by atoms with van der Waals surface area (Å²) in [4.78, 5) is 22.9. The van der Waals surface area contributed by atoms with Crippen LogP contribution in [0, 0.1) is 0 Å². The molecule has 1 unspecified atom stereocenters. The molecule has 1 aliphatic heterocycles. The van der Waals surface area contributed by atoms with E-state index in [1.54, 1.807) is 24.3 Å². The molecular formula is C15H19NO3. The van der Waals surface area contributed by atoms with Crippen molar-refractivity contribution < 1.29 is 14.3 Å². The highest BCUT2D eigenvalue weighted by Gasteiger charge is 2.16. The first-order valence-corrected chi connectivity index (χ1v) is 6.67. The molecule has 0 aromatic heterocycles. The van der Waals surface area contributed by atoms with Crippen LogP contribution in [0.15, 0.2) is 24.3 Å². The van der Waals surface area contributed by atoms with E-state index < -0.39 is 0 Å². The summed E-state index contributed by atoms with van der Waals surface area (Å²) in [6.45, 7) is 2.34. The van der Waals surface area contributed by atoms with E-state index in [2.05, 4.69) is 5.32 Å². The monoisotopic (exact) mass is 261 g/mol. The minimum absolute atomic E-state index is 0.00826. The number of benzene rings is 1. The van der Waals surface area contributed by atoms with Crippen LogP contribution in [0.1, 0.15) is 43.0 Å². The Kier molecular flexibility index (Phi) is 4.68. The molecule has 1 amide bonds. The lowest BCUT2D eigenvalue weighted by Crippen LogP contribution is -2.15. The second-order valence-corrected chi connectivity index (χ2v) is 4.86. The Morgan fingerprint density at radius 1 is 1.32 bits per heavy atom. The van der Waals surface area contributed by atoms with Crippen LogP contribution < -0.4 is 5.32 Å². The van der Waals surface area contributed by atoms with Gasteiger partial charge >= 0.3 is 0 Å². The van der Waals surface area contributed by atoms with Crippen molar-refractivity contribution >= 4 is 17.4 Å². The highest BCUT2D eigenvalue weighted by atomic mass is 16.5. The first kappa shape index (κ1) is 13.7. The van der Waals surface area contributed by atoms with E-state index in [1.807, 2.05) is 0 Å². The third-order valence-electron chi connectivity index (χ3n) is 3.29. The van der Waals surface area contributed by atoms with Crippen molar-refractivity contribution in [1.29, 1.82) is 0 Å². The number of anilines is 1. The fraction of sp³-hybridized carbons (Fsp3) is 0.467. The molecule has 1 saturated heterocycles. The lowest BCUT2D eigenvalue weighted by atomic mass is 10.1. The predicted molar refractivity (Wildman–Crippen MR) is 73.3 cm³/mol. The van der Waals surface area contributed by atoms with Crippen LogP contribution in [-0.4, -0.2) is 24.4 Å². The zero-order valence-electron chi connectivity index (χ0n) is 11.1. The minimum Gasteiger partial charge on any atom is -0.378 e. The van der Waals surface area contributed by atoms with Crippen LogP contribution in [0.5, 0.6) is 0 Å². The van der Waals surface area contributed by atoms with Gasteiger partial charge in [0.1, 0.15) is 0 Å². The molecule has 0 spiro atoms. The van der Waals surface area contributed by atoms with Crippen LogP contribution in [0.25, 0.3) is 0 Å². The first-order valence-electron chi connectivity index (χ1n) is 6.67. The summed E-state index contributed by atoms with van der Waals surface area (Å²) in [5.74, 6) is 0.0160. The highest BCUT2D eigenvalue weighted by molar-refractivity contribution is 5.95. The number of hydrogen-bond acceptors (Lipinski definition) is 3. The van der Waals surface area contributed by atoms with E-state index in [0.29, 0.717) is 12.0 Å². The van der Waals surface area contributed by atoms with Crippen molar-refractivity contribution in [2.45, 2.75) is 38.7 Å². The number of carbonyl (C=O) groups excluding carboxylic acids is 2. The molecule has 1 aromatic carbocycles. The summed E-state index contributed by atoms with van der Waals surface area (Å²) >= 11 is 0. The van der Waals surface area contributed by atoms with E-state index in [1.165, 1.54) is 6.92 Å². The number of rotatable bonds is 5. The van der Waals surface area contributed by atoms with Gasteiger partial charge < -0.3 is 10.1 Å². The molecule has 2 rings (SSSR count). The zero-order chi connectivity index (χ0) is 13.7. The number of Topliss-reactive ketones (excluding diaryl/α,β-unsaturated/α-hetero) is 1. The zero-order valence-corrected chi connectivity index (χ0v) is 11.1. The van der Waals surface area contributed by atoms with Crippen LogP contribution >= 0.6 is 0 Å². The molecular weight excluding hydrogens is 242 g/mol. The van der Waals surface area contributed by atoms with Gasteiger partial charge in [0.15, 0.2) is 5.78 Å². The Bertz CT molecular complexity index is 447. The van der Waals surface area contributed by atoms with Gasteiger partial charge in [-0.25, -0.2) is 0 Å². The molecule has 1 fully saturated rings. The van der Waals surface area contributed by atoms with E-state index in [9.17, 15) is 9.59 Å². The fourth-order valence-electron chi connectivity index (χ4n) is 2.18. The largest absolute Gasteiger partial charge is 0.378 e. The number of ketones is 1. The second kappa shape index (κ2) is 6.48. The molecule has 1 N–H and O–H groups in total. The third kappa shape index (κ3) is 4.17. The lowest BCUT2D eigenvalue weighted by Gasteiger charge is -2.09. The van der Waals surface area contributed by atoms with Crippen LogP contribution in [0.4, 0.5) is 5.69 Å². The fourth-order valence-corrected chi connectivity index (χ4v) is 2.18. The van der Waals surface area contributed by atoms with Crippen molar-refractivity contribution in [2.75, 3.05) is 11.9 Å². The number of carbonyl (C=O) groups is 2. The van der Waals surface area contributed by atoms with Crippen LogP contribution in [0.2, 0.25) is 0 Å². The molecule has 0 radical (unpaired) electrons. The summed E-state index contributed by atoms with van der Waals surface area (Å²) < 4.78 is 5.48. The molecule has 1 atom stereocenters. The molecule has 19 heavy (non-hydrogen) atoms. The Morgan fingerprint density at radius 3 is 2.63 bits per heavy atom. The van der Waals surface area contributed by atoms with Gasteiger partial charge in [-0.3, -0.25) is 9.59 Å². The van der Waals surface area contributed by atoms with Crippen molar-refractivity contribution in [2.24, 2.45) is 0 Å². The standard InChI is InChI=1S/C15H19NO3/c1-11(17)12-4-6-13(7-5-12)16-15(18)9-8-14-3-2-10-19-14/h4-7,14H,2-3,8-10H2,1H3,(H,16,18). The summed E-state index contributed by atoms with van der Waals surface area (Å²) in [6.07, 6.45) is 3.64. The van der Waals surface area contributed by atoms with E-state index in [0.717, 1.165) is 31.6 Å². The Morgan fingerprint density at radius 2 is 2.05 bits per heavy atom. The topological polar surface area (TPSA) is 55.4 Å². The predicted octanol–water partition coefficient (Wildman–Crippen LogP) is 2.79. The smallest absolute Gasteiger partial charge is 0.224 e. The Labute approximate surface area is 113 Å². The summed E-state index contributed by atoms with van der Waals surface area (Å²) in [6, 6.07) is 6.94. The highest BCUT2D eigenvalue weighted by Crippen LogP contribution is 2.17. The van der Waals surface area contributed by atoms with Gasteiger partial charge in [0, 0.05) is 24.3 Å².